The number of hydrogen-bond acceptors (Lipinski definition) is 3. The summed E-state index contributed by atoms with van der Waals surface area (Å²) in [6.45, 7) is 0. The van der Waals surface area contributed by atoms with Crippen LogP contribution < -0.4 is 5.73 Å². The molecule has 3 N–H and O–H groups in total. The Morgan fingerprint density at radius 2 is 1.77 bits per heavy atom. The lowest BCUT2D eigenvalue weighted by Crippen LogP contribution is -1.95. The minimum absolute atomic E-state index is 0.582. The third-order valence-electron chi connectivity index (χ3n) is 3.68. The second kappa shape index (κ2) is 4.96. The van der Waals surface area contributed by atoms with Crippen LogP contribution in [0.3, 0.4) is 0 Å². The first-order chi connectivity index (χ1) is 10.7. The Bertz CT molecular complexity index is 1020. The van der Waals surface area contributed by atoms with Crippen LogP contribution in [0.2, 0.25) is 0 Å². The van der Waals surface area contributed by atoms with E-state index >= 15 is 0 Å². The van der Waals surface area contributed by atoms with Crippen molar-refractivity contribution in [3.8, 4) is 0 Å². The predicted octanol–water partition coefficient (Wildman–Crippen LogP) is 3.47. The Kier molecular flexibility index (Phi) is 2.94. The fraction of sp³-hybridized carbons (Fsp3) is 0. The second-order valence-corrected chi connectivity index (χ2v) is 6.46. The molecule has 0 spiro atoms. The summed E-state index contributed by atoms with van der Waals surface area (Å²) >= 11 is 0. The third kappa shape index (κ3) is 1.98. The minimum Gasteiger partial charge on any atom is -0.399 e. The lowest BCUT2D eigenvalue weighted by Gasteiger charge is -2.05. The molecule has 0 radical (unpaired) electrons. The van der Waals surface area contributed by atoms with Gasteiger partial charge in [-0.05, 0) is 35.0 Å². The van der Waals surface area contributed by atoms with Gasteiger partial charge in [-0.3, -0.25) is 5.10 Å². The summed E-state index contributed by atoms with van der Waals surface area (Å²) in [5.41, 5.74) is 7.23. The Morgan fingerprint density at radius 1 is 0.955 bits per heavy atom. The Labute approximate surface area is 129 Å². The summed E-state index contributed by atoms with van der Waals surface area (Å²) in [5, 5.41) is 10.5. The molecule has 0 saturated heterocycles. The van der Waals surface area contributed by atoms with Crippen LogP contribution in [0.25, 0.3) is 21.7 Å². The SMILES string of the molecule is Nc1ccc2n[nH]c(S(=O)c3cccc4ccccc34)c2c1. The molecule has 1 heterocycles. The van der Waals surface area contributed by atoms with E-state index in [4.69, 9.17) is 5.73 Å². The standard InChI is InChI=1S/C17H13N3OS/c18-12-8-9-15-14(10-12)17(20-19-15)22(21)16-7-3-5-11-4-1-2-6-13(11)16/h1-10H,18H2,(H,19,20). The zero-order valence-electron chi connectivity index (χ0n) is 11.6. The third-order valence-corrected chi connectivity index (χ3v) is 5.12. The summed E-state index contributed by atoms with van der Waals surface area (Å²) in [5.74, 6) is 0. The normalized spacial score (nSPS) is 12.7. The maximum absolute atomic E-state index is 13.0. The van der Waals surface area contributed by atoms with Crippen molar-refractivity contribution in [3.05, 3.63) is 60.7 Å². The summed E-state index contributed by atoms with van der Waals surface area (Å²) in [4.78, 5) is 0.770. The maximum atomic E-state index is 13.0. The van der Waals surface area contributed by atoms with Crippen molar-refractivity contribution in [2.24, 2.45) is 0 Å². The van der Waals surface area contributed by atoms with Crippen LogP contribution in [0.5, 0.6) is 0 Å². The van der Waals surface area contributed by atoms with Crippen LogP contribution in [0.15, 0.2) is 70.6 Å². The maximum Gasteiger partial charge on any atom is 0.135 e. The van der Waals surface area contributed by atoms with E-state index in [1.165, 1.54) is 0 Å². The lowest BCUT2D eigenvalue weighted by molar-refractivity contribution is 0.681. The molecule has 4 rings (SSSR count). The van der Waals surface area contributed by atoms with Gasteiger partial charge in [0.1, 0.15) is 15.8 Å². The van der Waals surface area contributed by atoms with Crippen LogP contribution in [-0.4, -0.2) is 14.4 Å². The van der Waals surface area contributed by atoms with Crippen molar-refractivity contribution in [3.63, 3.8) is 0 Å². The predicted molar refractivity (Wildman–Crippen MR) is 89.1 cm³/mol. The summed E-state index contributed by atoms with van der Waals surface area (Å²) in [7, 11) is -1.35. The molecule has 0 bridgehead atoms. The first-order valence-corrected chi connectivity index (χ1v) is 8.02. The average molecular weight is 307 g/mol. The zero-order chi connectivity index (χ0) is 15.1. The quantitative estimate of drug-likeness (QED) is 0.557. The van der Waals surface area contributed by atoms with Crippen molar-refractivity contribution < 1.29 is 4.21 Å². The topological polar surface area (TPSA) is 71.8 Å². The molecule has 1 atom stereocenters. The highest BCUT2D eigenvalue weighted by Crippen LogP contribution is 2.28. The van der Waals surface area contributed by atoms with Crippen LogP contribution in [0.1, 0.15) is 0 Å². The molecular weight excluding hydrogens is 294 g/mol. The number of nitrogen functional groups attached to an aromatic ring is 1. The number of nitrogens with one attached hydrogen (secondary N) is 1. The molecule has 0 amide bonds. The smallest absolute Gasteiger partial charge is 0.135 e. The molecule has 4 nitrogen and oxygen atoms in total. The van der Waals surface area contributed by atoms with Gasteiger partial charge in [0.15, 0.2) is 0 Å². The Morgan fingerprint density at radius 3 is 2.68 bits per heavy atom. The van der Waals surface area contributed by atoms with Crippen molar-refractivity contribution in [1.29, 1.82) is 0 Å². The summed E-state index contributed by atoms with van der Waals surface area (Å²) < 4.78 is 13.0. The van der Waals surface area contributed by atoms with Gasteiger partial charge in [-0.15, -0.1) is 0 Å². The molecule has 4 aromatic rings. The van der Waals surface area contributed by atoms with E-state index in [0.717, 1.165) is 26.6 Å². The molecule has 0 fully saturated rings. The van der Waals surface area contributed by atoms with Gasteiger partial charge in [-0.1, -0.05) is 36.4 Å². The van der Waals surface area contributed by atoms with Crippen molar-refractivity contribution in [2.75, 3.05) is 5.73 Å². The number of H-pyrrole nitrogens is 1. The molecule has 0 saturated carbocycles. The van der Waals surface area contributed by atoms with E-state index in [-0.39, 0.29) is 0 Å². The van der Waals surface area contributed by atoms with E-state index in [1.807, 2.05) is 48.5 Å². The fourth-order valence-electron chi connectivity index (χ4n) is 2.61. The number of rotatable bonds is 2. The van der Waals surface area contributed by atoms with Gasteiger partial charge in [0.05, 0.1) is 10.4 Å². The largest absolute Gasteiger partial charge is 0.399 e. The average Bonchev–Trinajstić information content (AvgIpc) is 2.96. The number of aromatic nitrogens is 2. The highest BCUT2D eigenvalue weighted by atomic mass is 32.2. The number of aromatic amines is 1. The number of benzene rings is 3. The molecule has 3 aromatic carbocycles. The molecule has 108 valence electrons. The molecule has 0 aliphatic rings. The van der Waals surface area contributed by atoms with E-state index in [2.05, 4.69) is 10.2 Å². The van der Waals surface area contributed by atoms with E-state index < -0.39 is 10.8 Å². The number of hydrogen-bond donors (Lipinski definition) is 2. The fourth-order valence-corrected chi connectivity index (χ4v) is 3.91. The van der Waals surface area contributed by atoms with Gasteiger partial charge >= 0.3 is 0 Å². The molecule has 0 aliphatic carbocycles. The van der Waals surface area contributed by atoms with Gasteiger partial charge in [0.2, 0.25) is 0 Å². The Hall–Kier alpha value is -2.66. The first-order valence-electron chi connectivity index (χ1n) is 6.87. The highest BCUT2D eigenvalue weighted by molar-refractivity contribution is 7.85. The lowest BCUT2D eigenvalue weighted by atomic mass is 10.1. The van der Waals surface area contributed by atoms with Crippen molar-refractivity contribution >= 4 is 38.2 Å². The van der Waals surface area contributed by atoms with Crippen LogP contribution in [0, 0.1) is 0 Å². The van der Waals surface area contributed by atoms with Gasteiger partial charge < -0.3 is 5.73 Å². The van der Waals surface area contributed by atoms with Gasteiger partial charge in [-0.25, -0.2) is 4.21 Å². The first kappa shape index (κ1) is 13.0. The minimum atomic E-state index is -1.35. The number of nitrogens with two attached hydrogens (primary N) is 1. The molecule has 22 heavy (non-hydrogen) atoms. The van der Waals surface area contributed by atoms with Gasteiger partial charge in [-0.2, -0.15) is 5.10 Å². The van der Waals surface area contributed by atoms with Crippen molar-refractivity contribution in [1.82, 2.24) is 10.2 Å². The molecule has 5 heteroatoms. The number of fused-ring (bicyclic) bond motifs is 2. The van der Waals surface area contributed by atoms with E-state index in [0.29, 0.717) is 10.7 Å². The Balaban J connectivity index is 1.94. The molecular formula is C17H13N3OS. The monoisotopic (exact) mass is 307 g/mol. The van der Waals surface area contributed by atoms with Crippen LogP contribution in [-0.2, 0) is 10.8 Å². The molecule has 0 aliphatic heterocycles. The van der Waals surface area contributed by atoms with E-state index in [9.17, 15) is 4.21 Å². The van der Waals surface area contributed by atoms with Crippen molar-refractivity contribution in [2.45, 2.75) is 9.92 Å². The molecule has 1 aromatic heterocycles. The number of anilines is 1. The molecule has 1 unspecified atom stereocenters. The summed E-state index contributed by atoms with van der Waals surface area (Å²) in [6, 6.07) is 19.1. The highest BCUT2D eigenvalue weighted by Gasteiger charge is 2.16. The second-order valence-electron chi connectivity index (χ2n) is 5.08. The zero-order valence-corrected chi connectivity index (χ0v) is 12.4. The van der Waals surface area contributed by atoms with Crippen LogP contribution >= 0.6 is 0 Å². The van der Waals surface area contributed by atoms with Gasteiger partial charge in [0, 0.05) is 11.1 Å². The summed E-state index contributed by atoms with van der Waals surface area (Å²) in [6.07, 6.45) is 0. The number of nitrogens with zero attached hydrogens (tertiary/aromatic N) is 1. The van der Waals surface area contributed by atoms with Crippen LogP contribution in [0.4, 0.5) is 5.69 Å². The van der Waals surface area contributed by atoms with E-state index in [1.54, 1.807) is 12.1 Å². The van der Waals surface area contributed by atoms with Gasteiger partial charge in [0.25, 0.3) is 0 Å².